The van der Waals surface area contributed by atoms with Crippen molar-refractivity contribution in [3.8, 4) is 5.75 Å². The Balaban J connectivity index is 2.02. The van der Waals surface area contributed by atoms with Crippen molar-refractivity contribution in [2.75, 3.05) is 10.5 Å². The van der Waals surface area contributed by atoms with Crippen molar-refractivity contribution in [3.63, 3.8) is 0 Å². The molecule has 0 saturated carbocycles. The van der Waals surface area contributed by atoms with E-state index in [-0.39, 0.29) is 17.3 Å². The summed E-state index contributed by atoms with van der Waals surface area (Å²) in [5.74, 6) is -0.396. The summed E-state index contributed by atoms with van der Waals surface area (Å²) in [6.07, 6.45) is 3.31. The van der Waals surface area contributed by atoms with Gasteiger partial charge in [-0.1, -0.05) is 6.07 Å². The highest BCUT2D eigenvalue weighted by Crippen LogP contribution is 2.19. The molecule has 100 valence electrons. The van der Waals surface area contributed by atoms with E-state index in [1.54, 1.807) is 24.4 Å². The molecule has 0 radical (unpaired) electrons. The molecular formula is C12H13N3O3S. The van der Waals surface area contributed by atoms with Gasteiger partial charge in [-0.2, -0.15) is 0 Å². The molecule has 0 amide bonds. The molecule has 2 rings (SSSR count). The fraction of sp³-hybridized carbons (Fsp3) is 0.167. The van der Waals surface area contributed by atoms with Gasteiger partial charge in [-0.05, 0) is 24.3 Å². The first-order valence-corrected chi connectivity index (χ1v) is 7.26. The SMILES string of the molecule is O=S(=O)(CCc1ccccn1)Nc1ncccc1O. The summed E-state index contributed by atoms with van der Waals surface area (Å²) >= 11 is 0. The monoisotopic (exact) mass is 279 g/mol. The lowest BCUT2D eigenvalue weighted by Crippen LogP contribution is -2.19. The summed E-state index contributed by atoms with van der Waals surface area (Å²) in [4.78, 5) is 7.81. The Bertz CT molecular complexity index is 644. The van der Waals surface area contributed by atoms with Crippen LogP contribution in [0.1, 0.15) is 5.69 Å². The molecule has 0 aliphatic rings. The standard InChI is InChI=1S/C12H13N3O3S/c16-11-5-3-8-14-12(11)15-19(17,18)9-6-10-4-1-2-7-13-10/h1-5,7-8,16H,6,9H2,(H,14,15). The van der Waals surface area contributed by atoms with Crippen molar-refractivity contribution in [2.45, 2.75) is 6.42 Å². The molecule has 19 heavy (non-hydrogen) atoms. The summed E-state index contributed by atoms with van der Waals surface area (Å²) in [7, 11) is -3.57. The minimum absolute atomic E-state index is 0.0662. The van der Waals surface area contributed by atoms with Gasteiger partial charge in [0.2, 0.25) is 10.0 Å². The van der Waals surface area contributed by atoms with Crippen LogP contribution in [0.2, 0.25) is 0 Å². The molecule has 0 aromatic carbocycles. The van der Waals surface area contributed by atoms with Crippen molar-refractivity contribution < 1.29 is 13.5 Å². The maximum atomic E-state index is 11.8. The molecule has 0 unspecified atom stereocenters. The van der Waals surface area contributed by atoms with E-state index in [2.05, 4.69) is 14.7 Å². The zero-order valence-electron chi connectivity index (χ0n) is 10.0. The third kappa shape index (κ3) is 3.92. The summed E-state index contributed by atoms with van der Waals surface area (Å²) in [5, 5.41) is 9.46. The number of aromatic nitrogens is 2. The van der Waals surface area contributed by atoms with E-state index in [0.717, 1.165) is 0 Å². The molecule has 2 N–H and O–H groups in total. The number of pyridine rings is 2. The number of nitrogens with zero attached hydrogens (tertiary/aromatic N) is 2. The predicted octanol–water partition coefficient (Wildman–Crippen LogP) is 1.17. The van der Waals surface area contributed by atoms with Crippen LogP contribution in [0.25, 0.3) is 0 Å². The Kier molecular flexibility index (Phi) is 3.96. The lowest BCUT2D eigenvalue weighted by Gasteiger charge is -2.07. The second-order valence-electron chi connectivity index (χ2n) is 3.86. The van der Waals surface area contributed by atoms with Crippen LogP contribution in [0.15, 0.2) is 42.7 Å². The third-order valence-corrected chi connectivity index (χ3v) is 3.64. The third-order valence-electron chi connectivity index (χ3n) is 2.39. The van der Waals surface area contributed by atoms with Gasteiger partial charge in [0.05, 0.1) is 5.75 Å². The van der Waals surface area contributed by atoms with Gasteiger partial charge in [-0.3, -0.25) is 9.71 Å². The molecule has 7 heteroatoms. The van der Waals surface area contributed by atoms with Crippen LogP contribution in [0, 0.1) is 0 Å². The van der Waals surface area contributed by atoms with E-state index in [9.17, 15) is 13.5 Å². The highest BCUT2D eigenvalue weighted by Gasteiger charge is 2.14. The average molecular weight is 279 g/mol. The molecule has 2 heterocycles. The zero-order valence-corrected chi connectivity index (χ0v) is 10.8. The number of aromatic hydroxyl groups is 1. The number of rotatable bonds is 5. The number of aryl methyl sites for hydroxylation is 1. The van der Waals surface area contributed by atoms with Crippen molar-refractivity contribution in [3.05, 3.63) is 48.4 Å². The van der Waals surface area contributed by atoms with Crippen molar-refractivity contribution in [1.29, 1.82) is 0 Å². The molecular weight excluding hydrogens is 266 g/mol. The summed E-state index contributed by atoms with van der Waals surface area (Å²) in [6.45, 7) is 0. The Morgan fingerprint density at radius 1 is 1.11 bits per heavy atom. The number of anilines is 1. The average Bonchev–Trinajstić information content (AvgIpc) is 2.40. The van der Waals surface area contributed by atoms with E-state index >= 15 is 0 Å². The smallest absolute Gasteiger partial charge is 0.234 e. The number of hydrogen-bond acceptors (Lipinski definition) is 5. The van der Waals surface area contributed by atoms with E-state index in [4.69, 9.17) is 0 Å². The first kappa shape index (κ1) is 13.3. The van der Waals surface area contributed by atoms with Gasteiger partial charge in [0.25, 0.3) is 0 Å². The van der Waals surface area contributed by atoms with Gasteiger partial charge in [0.1, 0.15) is 0 Å². The molecule has 0 fully saturated rings. The van der Waals surface area contributed by atoms with Gasteiger partial charge < -0.3 is 5.11 Å². The highest BCUT2D eigenvalue weighted by molar-refractivity contribution is 7.92. The second-order valence-corrected chi connectivity index (χ2v) is 5.71. The second kappa shape index (κ2) is 5.66. The van der Waals surface area contributed by atoms with Crippen LogP contribution < -0.4 is 4.72 Å². The van der Waals surface area contributed by atoms with Crippen LogP contribution in [0.3, 0.4) is 0 Å². The lowest BCUT2D eigenvalue weighted by atomic mass is 10.3. The fourth-order valence-corrected chi connectivity index (χ4v) is 2.49. The Labute approximate surface area is 111 Å². The summed E-state index contributed by atoms with van der Waals surface area (Å²) in [5.41, 5.74) is 0.693. The van der Waals surface area contributed by atoms with Crippen LogP contribution in [-0.4, -0.2) is 29.2 Å². The normalized spacial score (nSPS) is 11.2. The molecule has 0 bridgehead atoms. The van der Waals surface area contributed by atoms with Crippen LogP contribution in [-0.2, 0) is 16.4 Å². The van der Waals surface area contributed by atoms with Crippen LogP contribution in [0.5, 0.6) is 5.75 Å². The quantitative estimate of drug-likeness (QED) is 0.857. The van der Waals surface area contributed by atoms with Crippen molar-refractivity contribution >= 4 is 15.8 Å². The number of hydrogen-bond donors (Lipinski definition) is 2. The van der Waals surface area contributed by atoms with E-state index in [1.165, 1.54) is 18.3 Å². The van der Waals surface area contributed by atoms with E-state index in [1.807, 2.05) is 0 Å². The van der Waals surface area contributed by atoms with E-state index < -0.39 is 10.0 Å². The topological polar surface area (TPSA) is 92.2 Å². The molecule has 0 atom stereocenters. The minimum atomic E-state index is -3.57. The van der Waals surface area contributed by atoms with Gasteiger partial charge in [-0.25, -0.2) is 13.4 Å². The lowest BCUT2D eigenvalue weighted by molar-refractivity contribution is 0.475. The van der Waals surface area contributed by atoms with Gasteiger partial charge in [0, 0.05) is 24.5 Å². The first-order valence-electron chi connectivity index (χ1n) is 5.61. The fourth-order valence-electron chi connectivity index (χ4n) is 1.46. The molecule has 0 aliphatic carbocycles. The zero-order chi connectivity index (χ0) is 13.7. The van der Waals surface area contributed by atoms with Crippen LogP contribution >= 0.6 is 0 Å². The molecule has 2 aromatic rings. The van der Waals surface area contributed by atoms with Gasteiger partial charge in [-0.15, -0.1) is 0 Å². The number of nitrogens with one attached hydrogen (secondary N) is 1. The number of sulfonamides is 1. The first-order chi connectivity index (χ1) is 9.07. The Morgan fingerprint density at radius 2 is 1.89 bits per heavy atom. The van der Waals surface area contributed by atoms with Gasteiger partial charge in [0.15, 0.2) is 11.6 Å². The predicted molar refractivity (Wildman–Crippen MR) is 71.3 cm³/mol. The van der Waals surface area contributed by atoms with Crippen molar-refractivity contribution in [1.82, 2.24) is 9.97 Å². The Hall–Kier alpha value is -2.15. The molecule has 6 nitrogen and oxygen atoms in total. The largest absolute Gasteiger partial charge is 0.504 e. The van der Waals surface area contributed by atoms with Gasteiger partial charge >= 0.3 is 0 Å². The maximum absolute atomic E-state index is 11.8. The highest BCUT2D eigenvalue weighted by atomic mass is 32.2. The molecule has 0 saturated heterocycles. The Morgan fingerprint density at radius 3 is 2.58 bits per heavy atom. The van der Waals surface area contributed by atoms with Crippen LogP contribution in [0.4, 0.5) is 5.82 Å². The molecule has 2 aromatic heterocycles. The molecule has 0 spiro atoms. The van der Waals surface area contributed by atoms with Crippen molar-refractivity contribution in [2.24, 2.45) is 0 Å². The van der Waals surface area contributed by atoms with E-state index in [0.29, 0.717) is 12.1 Å². The summed E-state index contributed by atoms with van der Waals surface area (Å²) < 4.78 is 25.9. The summed E-state index contributed by atoms with van der Waals surface area (Å²) in [6, 6.07) is 8.20. The minimum Gasteiger partial charge on any atom is -0.504 e. The molecule has 0 aliphatic heterocycles. The maximum Gasteiger partial charge on any atom is 0.234 e.